The molecule has 124 valence electrons. The number of benzene rings is 1. The van der Waals surface area contributed by atoms with Crippen molar-refractivity contribution in [3.8, 4) is 0 Å². The highest BCUT2D eigenvalue weighted by Gasteiger charge is 2.15. The van der Waals surface area contributed by atoms with Gasteiger partial charge in [-0.3, -0.25) is 0 Å². The molecule has 0 aromatic heterocycles. The lowest BCUT2D eigenvalue weighted by molar-refractivity contribution is 0.0530. The zero-order valence-electron chi connectivity index (χ0n) is 13.1. The van der Waals surface area contributed by atoms with Gasteiger partial charge >= 0.3 is 6.09 Å². The van der Waals surface area contributed by atoms with Crippen molar-refractivity contribution in [1.29, 1.82) is 0 Å². The lowest BCUT2D eigenvalue weighted by Gasteiger charge is -2.19. The summed E-state index contributed by atoms with van der Waals surface area (Å²) in [5.41, 5.74) is -0.526. The van der Waals surface area contributed by atoms with Crippen LogP contribution in [0.25, 0.3) is 0 Å². The Balaban J connectivity index is 2.54. The smallest absolute Gasteiger partial charge is 0.407 e. The number of ether oxygens (including phenoxy) is 1. The zero-order valence-corrected chi connectivity index (χ0v) is 13.9. The average Bonchev–Trinajstić information content (AvgIpc) is 2.33. The van der Waals surface area contributed by atoms with Gasteiger partial charge in [-0.1, -0.05) is 0 Å². The first-order valence-electron chi connectivity index (χ1n) is 6.69. The second kappa shape index (κ2) is 6.95. The van der Waals surface area contributed by atoms with Gasteiger partial charge in [0.05, 0.1) is 10.6 Å². The van der Waals surface area contributed by atoms with Gasteiger partial charge in [0.2, 0.25) is 0 Å². The number of amides is 1. The van der Waals surface area contributed by atoms with Gasteiger partial charge in [0.1, 0.15) is 11.4 Å². The molecular weight excluding hydrogens is 311 g/mol. The highest BCUT2D eigenvalue weighted by Crippen LogP contribution is 2.19. The molecular formula is C14H21FN2O4S. The Morgan fingerprint density at radius 1 is 1.27 bits per heavy atom. The second-order valence-electron chi connectivity index (χ2n) is 5.77. The molecule has 2 N–H and O–H groups in total. The molecule has 1 aromatic rings. The van der Waals surface area contributed by atoms with E-state index in [2.05, 4.69) is 10.6 Å². The number of carbonyl (C=O) groups is 1. The molecule has 8 heteroatoms. The number of sulfone groups is 1. The van der Waals surface area contributed by atoms with Crippen LogP contribution in [0.3, 0.4) is 0 Å². The van der Waals surface area contributed by atoms with Crippen molar-refractivity contribution in [2.24, 2.45) is 0 Å². The number of anilines is 1. The monoisotopic (exact) mass is 332 g/mol. The molecule has 6 nitrogen and oxygen atoms in total. The molecule has 0 saturated carbocycles. The van der Waals surface area contributed by atoms with E-state index in [4.69, 9.17) is 4.74 Å². The van der Waals surface area contributed by atoms with Gasteiger partial charge in [0.15, 0.2) is 9.84 Å². The Morgan fingerprint density at radius 3 is 2.45 bits per heavy atom. The molecule has 0 aliphatic rings. The lowest BCUT2D eigenvalue weighted by Crippen LogP contribution is -2.35. The van der Waals surface area contributed by atoms with Crippen LogP contribution in [-0.4, -0.2) is 39.5 Å². The summed E-state index contributed by atoms with van der Waals surface area (Å²) in [6.45, 7) is 5.67. The third-order valence-corrected chi connectivity index (χ3v) is 3.58. The minimum absolute atomic E-state index is 0.0245. The van der Waals surface area contributed by atoms with Crippen molar-refractivity contribution >= 4 is 21.6 Å². The number of carbonyl (C=O) groups excluding carboxylic acids is 1. The normalized spacial score (nSPS) is 11.9. The Labute approximate surface area is 130 Å². The molecule has 0 saturated heterocycles. The summed E-state index contributed by atoms with van der Waals surface area (Å²) in [6.07, 6.45) is 0.480. The second-order valence-corrected chi connectivity index (χ2v) is 7.78. The first-order chi connectivity index (χ1) is 9.99. The summed E-state index contributed by atoms with van der Waals surface area (Å²) in [5.74, 6) is -0.565. The average molecular weight is 332 g/mol. The molecule has 0 aliphatic carbocycles. The molecule has 0 heterocycles. The first-order valence-corrected chi connectivity index (χ1v) is 8.58. The maximum Gasteiger partial charge on any atom is 0.407 e. The molecule has 1 amide bonds. The van der Waals surface area contributed by atoms with Crippen molar-refractivity contribution < 1.29 is 22.3 Å². The van der Waals surface area contributed by atoms with Crippen molar-refractivity contribution in [3.05, 3.63) is 24.0 Å². The van der Waals surface area contributed by atoms with Crippen molar-refractivity contribution in [2.75, 3.05) is 24.7 Å². The van der Waals surface area contributed by atoms with Gasteiger partial charge in [0, 0.05) is 19.3 Å². The molecule has 0 bridgehead atoms. The Morgan fingerprint density at radius 2 is 1.91 bits per heavy atom. The summed E-state index contributed by atoms with van der Waals surface area (Å²) in [5, 5.41) is 5.24. The van der Waals surface area contributed by atoms with E-state index in [1.165, 1.54) is 12.1 Å². The van der Waals surface area contributed by atoms with E-state index in [0.717, 1.165) is 12.3 Å². The predicted octanol–water partition coefficient (Wildman–Crippen LogP) is 2.17. The number of hydrogen-bond donors (Lipinski definition) is 2. The number of rotatable bonds is 5. The molecule has 0 radical (unpaired) electrons. The summed E-state index contributed by atoms with van der Waals surface area (Å²) < 4.78 is 41.5. The molecule has 0 unspecified atom stereocenters. The van der Waals surface area contributed by atoms with Gasteiger partial charge in [-0.05, 0) is 39.0 Å². The van der Waals surface area contributed by atoms with Crippen LogP contribution in [0, 0.1) is 5.82 Å². The minimum atomic E-state index is -3.40. The van der Waals surface area contributed by atoms with Crippen LogP contribution in [0.1, 0.15) is 20.8 Å². The van der Waals surface area contributed by atoms with E-state index in [1.54, 1.807) is 20.8 Å². The van der Waals surface area contributed by atoms with Gasteiger partial charge in [-0.2, -0.15) is 0 Å². The molecule has 0 spiro atoms. The molecule has 0 atom stereocenters. The van der Waals surface area contributed by atoms with Crippen LogP contribution < -0.4 is 10.6 Å². The Bertz CT molecular complexity index is 639. The Kier molecular flexibility index (Phi) is 5.76. The Hall–Kier alpha value is -1.83. The van der Waals surface area contributed by atoms with Crippen LogP contribution in [0.2, 0.25) is 0 Å². The van der Waals surface area contributed by atoms with Gasteiger partial charge < -0.3 is 15.4 Å². The fraction of sp³-hybridized carbons (Fsp3) is 0.500. The summed E-state index contributed by atoms with van der Waals surface area (Å²) >= 11 is 0. The number of nitrogens with one attached hydrogen (secondary N) is 2. The van der Waals surface area contributed by atoms with E-state index < -0.39 is 27.3 Å². The molecule has 0 fully saturated rings. The topological polar surface area (TPSA) is 84.5 Å². The fourth-order valence-corrected chi connectivity index (χ4v) is 2.19. The standard InChI is InChI=1S/C14H21FN2O4S/c1-14(2,3)21-13(18)17-8-7-16-12-9-10(22(4,19)20)5-6-11(12)15/h5-6,9,16H,7-8H2,1-4H3,(H,17,18). The van der Waals surface area contributed by atoms with Crippen molar-refractivity contribution in [1.82, 2.24) is 5.32 Å². The maximum absolute atomic E-state index is 13.6. The summed E-state index contributed by atoms with van der Waals surface area (Å²) in [7, 11) is -3.40. The largest absolute Gasteiger partial charge is 0.444 e. The van der Waals surface area contributed by atoms with Crippen LogP contribution in [0.4, 0.5) is 14.9 Å². The van der Waals surface area contributed by atoms with E-state index >= 15 is 0 Å². The minimum Gasteiger partial charge on any atom is -0.444 e. The van der Waals surface area contributed by atoms with Crippen LogP contribution >= 0.6 is 0 Å². The SMILES string of the molecule is CC(C)(C)OC(=O)NCCNc1cc(S(C)(=O)=O)ccc1F. The summed E-state index contributed by atoms with van der Waals surface area (Å²) in [6, 6.07) is 3.51. The maximum atomic E-state index is 13.6. The zero-order chi connectivity index (χ0) is 17.0. The molecule has 1 rings (SSSR count). The summed E-state index contributed by atoms with van der Waals surface area (Å²) in [4.78, 5) is 11.4. The van der Waals surface area contributed by atoms with E-state index in [-0.39, 0.29) is 23.7 Å². The van der Waals surface area contributed by atoms with Gasteiger partial charge in [-0.25, -0.2) is 17.6 Å². The van der Waals surface area contributed by atoms with Crippen LogP contribution in [0.15, 0.2) is 23.1 Å². The number of alkyl carbamates (subject to hydrolysis) is 1. The molecule has 0 aliphatic heterocycles. The number of hydrogen-bond acceptors (Lipinski definition) is 5. The molecule has 1 aromatic carbocycles. The highest BCUT2D eigenvalue weighted by atomic mass is 32.2. The van der Waals surface area contributed by atoms with E-state index in [9.17, 15) is 17.6 Å². The van der Waals surface area contributed by atoms with Crippen molar-refractivity contribution in [3.63, 3.8) is 0 Å². The van der Waals surface area contributed by atoms with Crippen LogP contribution in [0.5, 0.6) is 0 Å². The predicted molar refractivity (Wildman–Crippen MR) is 82.2 cm³/mol. The quantitative estimate of drug-likeness (QED) is 0.638. The van der Waals surface area contributed by atoms with E-state index in [0.29, 0.717) is 0 Å². The third kappa shape index (κ3) is 6.30. The number of halogens is 1. The van der Waals surface area contributed by atoms with Crippen LogP contribution in [-0.2, 0) is 14.6 Å². The first kappa shape index (κ1) is 18.2. The molecule has 22 heavy (non-hydrogen) atoms. The van der Waals surface area contributed by atoms with Gasteiger partial charge in [0.25, 0.3) is 0 Å². The van der Waals surface area contributed by atoms with Crippen molar-refractivity contribution in [2.45, 2.75) is 31.3 Å². The lowest BCUT2D eigenvalue weighted by atomic mass is 10.2. The third-order valence-electron chi connectivity index (χ3n) is 2.47. The van der Waals surface area contributed by atoms with Gasteiger partial charge in [-0.15, -0.1) is 0 Å². The van der Waals surface area contributed by atoms with E-state index in [1.807, 2.05) is 0 Å². The highest BCUT2D eigenvalue weighted by molar-refractivity contribution is 7.90. The fourth-order valence-electron chi connectivity index (χ4n) is 1.55.